The molecule has 2 N–H and O–H groups in total. The zero-order valence-corrected chi connectivity index (χ0v) is 5.23. The van der Waals surface area contributed by atoms with Gasteiger partial charge in [-0.25, -0.2) is 0 Å². The monoisotopic (exact) mass is 99.1 g/mol. The molecule has 0 aliphatic rings. The van der Waals surface area contributed by atoms with E-state index >= 15 is 0 Å². The molecular weight excluding hydrogens is 86.1 g/mol. The van der Waals surface area contributed by atoms with Crippen molar-refractivity contribution >= 4 is 0 Å². The normalized spacial score (nSPS) is 12.9. The highest BCUT2D eigenvalue weighted by Crippen LogP contribution is 2.04. The van der Waals surface area contributed by atoms with Gasteiger partial charge in [-0.05, 0) is 19.0 Å². The molecule has 0 saturated carbocycles. The zero-order chi connectivity index (χ0) is 5.86. The van der Waals surface area contributed by atoms with Crippen LogP contribution in [0.3, 0.4) is 0 Å². The van der Waals surface area contributed by atoms with Crippen molar-refractivity contribution < 1.29 is 0 Å². The van der Waals surface area contributed by atoms with E-state index in [1.165, 1.54) is 5.57 Å². The van der Waals surface area contributed by atoms with Crippen LogP contribution in [0.15, 0.2) is 11.8 Å². The molecule has 0 saturated heterocycles. The third-order valence-electron chi connectivity index (χ3n) is 1.17. The fourth-order valence-electron chi connectivity index (χ4n) is 0.192. The zero-order valence-electron chi connectivity index (χ0n) is 5.23. The Morgan fingerprint density at radius 3 is 2.00 bits per heavy atom. The van der Waals surface area contributed by atoms with Crippen molar-refractivity contribution in [3.05, 3.63) is 11.8 Å². The number of nitrogens with two attached hydrogens (primary N) is 1. The van der Waals surface area contributed by atoms with Gasteiger partial charge in [0.2, 0.25) is 0 Å². The van der Waals surface area contributed by atoms with Gasteiger partial charge in [0.25, 0.3) is 0 Å². The van der Waals surface area contributed by atoms with Gasteiger partial charge >= 0.3 is 0 Å². The summed E-state index contributed by atoms with van der Waals surface area (Å²) >= 11 is 0. The van der Waals surface area contributed by atoms with E-state index in [1.807, 2.05) is 6.92 Å². The number of hydrogen-bond donors (Lipinski definition) is 1. The fraction of sp³-hybridized carbons (Fsp3) is 0.667. The van der Waals surface area contributed by atoms with E-state index < -0.39 is 0 Å². The van der Waals surface area contributed by atoms with E-state index in [0.29, 0.717) is 5.92 Å². The van der Waals surface area contributed by atoms with Gasteiger partial charge < -0.3 is 5.73 Å². The van der Waals surface area contributed by atoms with Gasteiger partial charge in [0.15, 0.2) is 0 Å². The summed E-state index contributed by atoms with van der Waals surface area (Å²) in [5.41, 5.74) is 6.46. The highest BCUT2D eigenvalue weighted by molar-refractivity contribution is 4.97. The SMILES string of the molecule is C/C(=C\N)C(C)C. The maximum Gasteiger partial charge on any atom is -0.00707 e. The van der Waals surface area contributed by atoms with Crippen LogP contribution in [0.2, 0.25) is 0 Å². The lowest BCUT2D eigenvalue weighted by Crippen LogP contribution is -1.91. The summed E-state index contributed by atoms with van der Waals surface area (Å²) in [5.74, 6) is 0.602. The minimum Gasteiger partial charge on any atom is -0.405 e. The molecule has 0 rings (SSSR count). The van der Waals surface area contributed by atoms with Crippen LogP contribution in [-0.4, -0.2) is 0 Å². The van der Waals surface area contributed by atoms with Crippen molar-refractivity contribution in [1.29, 1.82) is 0 Å². The Morgan fingerprint density at radius 1 is 1.57 bits per heavy atom. The Morgan fingerprint density at radius 2 is 2.00 bits per heavy atom. The quantitative estimate of drug-likeness (QED) is 0.529. The van der Waals surface area contributed by atoms with E-state index in [9.17, 15) is 0 Å². The molecule has 0 unspecified atom stereocenters. The molecule has 42 valence electrons. The summed E-state index contributed by atoms with van der Waals surface area (Å²) in [6.45, 7) is 6.28. The topological polar surface area (TPSA) is 26.0 Å². The number of hydrogen-bond acceptors (Lipinski definition) is 1. The van der Waals surface area contributed by atoms with Crippen LogP contribution >= 0.6 is 0 Å². The lowest BCUT2D eigenvalue weighted by Gasteiger charge is -2.00. The molecule has 0 aliphatic heterocycles. The van der Waals surface area contributed by atoms with Crippen LogP contribution in [0.1, 0.15) is 20.8 Å². The first kappa shape index (κ1) is 6.54. The van der Waals surface area contributed by atoms with Crippen LogP contribution in [-0.2, 0) is 0 Å². The molecule has 0 aromatic carbocycles. The van der Waals surface area contributed by atoms with Gasteiger partial charge in [0, 0.05) is 0 Å². The number of rotatable bonds is 1. The van der Waals surface area contributed by atoms with Gasteiger partial charge in [-0.2, -0.15) is 0 Å². The predicted octanol–water partition coefficient (Wildman–Crippen LogP) is 1.50. The van der Waals surface area contributed by atoms with Gasteiger partial charge in [0.1, 0.15) is 0 Å². The van der Waals surface area contributed by atoms with Gasteiger partial charge in [0.05, 0.1) is 0 Å². The van der Waals surface area contributed by atoms with Crippen LogP contribution in [0.5, 0.6) is 0 Å². The standard InChI is InChI=1S/C6H13N/c1-5(2)6(3)4-7/h4-5H,7H2,1-3H3/b6-4+. The summed E-state index contributed by atoms with van der Waals surface area (Å²) in [6.07, 6.45) is 1.66. The third kappa shape index (κ3) is 2.26. The van der Waals surface area contributed by atoms with Crippen LogP contribution in [0.4, 0.5) is 0 Å². The van der Waals surface area contributed by atoms with Crippen molar-refractivity contribution in [2.75, 3.05) is 0 Å². The molecule has 1 nitrogen and oxygen atoms in total. The van der Waals surface area contributed by atoms with E-state index in [1.54, 1.807) is 6.20 Å². The lowest BCUT2D eigenvalue weighted by atomic mass is 10.1. The summed E-state index contributed by atoms with van der Waals surface area (Å²) in [5, 5.41) is 0. The first-order valence-corrected chi connectivity index (χ1v) is 2.57. The largest absolute Gasteiger partial charge is 0.405 e. The Hall–Kier alpha value is -0.460. The Labute approximate surface area is 45.2 Å². The van der Waals surface area contributed by atoms with Crippen LogP contribution in [0, 0.1) is 5.92 Å². The third-order valence-corrected chi connectivity index (χ3v) is 1.17. The molecule has 7 heavy (non-hydrogen) atoms. The minimum absolute atomic E-state index is 0.602. The van der Waals surface area contributed by atoms with Crippen molar-refractivity contribution in [3.8, 4) is 0 Å². The van der Waals surface area contributed by atoms with Crippen molar-refractivity contribution in [1.82, 2.24) is 0 Å². The molecule has 0 aromatic rings. The summed E-state index contributed by atoms with van der Waals surface area (Å²) in [6, 6.07) is 0. The van der Waals surface area contributed by atoms with Crippen molar-refractivity contribution in [3.63, 3.8) is 0 Å². The lowest BCUT2D eigenvalue weighted by molar-refractivity contribution is 0.766. The molecule has 0 atom stereocenters. The second kappa shape index (κ2) is 2.67. The molecule has 0 radical (unpaired) electrons. The average molecular weight is 99.2 g/mol. The van der Waals surface area contributed by atoms with Crippen molar-refractivity contribution in [2.45, 2.75) is 20.8 Å². The summed E-state index contributed by atoms with van der Waals surface area (Å²) < 4.78 is 0. The van der Waals surface area contributed by atoms with E-state index in [2.05, 4.69) is 13.8 Å². The number of allylic oxidation sites excluding steroid dienone is 1. The molecule has 0 amide bonds. The first-order chi connectivity index (χ1) is 3.18. The van der Waals surface area contributed by atoms with Crippen LogP contribution in [0.25, 0.3) is 0 Å². The van der Waals surface area contributed by atoms with Gasteiger partial charge in [-0.3, -0.25) is 0 Å². The first-order valence-electron chi connectivity index (χ1n) is 2.57. The Bertz CT molecular complexity index is 72.2. The summed E-state index contributed by atoms with van der Waals surface area (Å²) in [4.78, 5) is 0. The highest BCUT2D eigenvalue weighted by atomic mass is 14.5. The smallest absolute Gasteiger partial charge is 0.00707 e. The molecule has 1 heteroatoms. The molecule has 0 bridgehead atoms. The van der Waals surface area contributed by atoms with Crippen LogP contribution < -0.4 is 5.73 Å². The second-order valence-corrected chi connectivity index (χ2v) is 2.07. The molecule has 0 heterocycles. The Balaban J connectivity index is 3.56. The van der Waals surface area contributed by atoms with E-state index in [4.69, 9.17) is 5.73 Å². The molecule has 0 aromatic heterocycles. The predicted molar refractivity (Wildman–Crippen MR) is 32.8 cm³/mol. The molecular formula is C6H13N. The molecule has 0 aliphatic carbocycles. The Kier molecular flexibility index (Phi) is 2.49. The van der Waals surface area contributed by atoms with Gasteiger partial charge in [-0.1, -0.05) is 19.4 Å². The second-order valence-electron chi connectivity index (χ2n) is 2.07. The average Bonchev–Trinajstić information content (AvgIpc) is 1.65. The minimum atomic E-state index is 0.602. The fourth-order valence-corrected chi connectivity index (χ4v) is 0.192. The van der Waals surface area contributed by atoms with E-state index in [-0.39, 0.29) is 0 Å². The molecule has 0 fully saturated rings. The van der Waals surface area contributed by atoms with Gasteiger partial charge in [-0.15, -0.1) is 0 Å². The highest BCUT2D eigenvalue weighted by Gasteiger charge is 1.90. The maximum atomic E-state index is 5.21. The van der Waals surface area contributed by atoms with Crippen molar-refractivity contribution in [2.24, 2.45) is 11.7 Å². The summed E-state index contributed by atoms with van der Waals surface area (Å²) in [7, 11) is 0. The van der Waals surface area contributed by atoms with E-state index in [0.717, 1.165) is 0 Å². The maximum absolute atomic E-state index is 5.21. The molecule has 0 spiro atoms.